The van der Waals surface area contributed by atoms with Crippen LogP contribution in [0.15, 0.2) is 60.9 Å². The van der Waals surface area contributed by atoms with Crippen LogP contribution in [0.25, 0.3) is 22.2 Å². The fraction of sp³-hybridized carbons (Fsp3) is 0.333. The molecule has 2 aromatic carbocycles. The molecule has 1 aliphatic heterocycles. The molecule has 0 saturated carbocycles. The number of nitrogens with zero attached hydrogens (tertiary/aromatic N) is 3. The number of alkyl halides is 3. The van der Waals surface area contributed by atoms with Crippen molar-refractivity contribution in [3.63, 3.8) is 0 Å². The number of hydrogen-bond acceptors (Lipinski definition) is 7. The molecule has 2 aromatic heterocycles. The Kier molecular flexibility index (Phi) is 9.52. The molecule has 8 nitrogen and oxygen atoms in total. The first kappa shape index (κ1) is 32.7. The Morgan fingerprint density at radius 3 is 2.43 bits per heavy atom. The van der Waals surface area contributed by atoms with Crippen LogP contribution in [-0.4, -0.2) is 67.0 Å². The van der Waals surface area contributed by atoms with Crippen molar-refractivity contribution in [1.82, 2.24) is 15.3 Å². The van der Waals surface area contributed by atoms with Gasteiger partial charge >= 0.3 is 12.1 Å². The van der Waals surface area contributed by atoms with Gasteiger partial charge in [0.25, 0.3) is 5.91 Å². The van der Waals surface area contributed by atoms with Crippen molar-refractivity contribution in [1.29, 1.82) is 0 Å². The van der Waals surface area contributed by atoms with E-state index in [1.807, 2.05) is 18.2 Å². The minimum absolute atomic E-state index is 0.0786. The summed E-state index contributed by atoms with van der Waals surface area (Å²) in [6.07, 6.45) is -1.53. The standard InChI is InChI=1S/C33H31F5N4O4/c1-18(2)21-6-4-10-39-29(21)23-9-8-19(22-7-5-11-40-30(22)23)14-26(32(44)45-3)41-31(43)28-24(34)15-20(16-25(28)35)42-12-13-46-17-27(42)33(36,37)38/h4-11,15-16,18,26-27H,12-14,17H2,1-3H3,(H,41,43)/t26-,27+/m0/s1. The van der Waals surface area contributed by atoms with Gasteiger partial charge in [-0.25, -0.2) is 13.6 Å². The van der Waals surface area contributed by atoms with Crippen LogP contribution >= 0.6 is 0 Å². The SMILES string of the molecule is COC(=O)[C@H](Cc1ccc(-c2ncccc2C(C)C)c2ncccc12)NC(=O)c1c(F)cc(N2CCOC[C@@H]2C(F)(F)F)cc1F. The molecule has 1 fully saturated rings. The molecule has 5 rings (SSSR count). The van der Waals surface area contributed by atoms with Crippen LogP contribution < -0.4 is 10.2 Å². The maximum absolute atomic E-state index is 15.2. The number of ether oxygens (including phenoxy) is 2. The Labute approximate surface area is 261 Å². The Balaban J connectivity index is 1.45. The predicted molar refractivity (Wildman–Crippen MR) is 160 cm³/mol. The summed E-state index contributed by atoms with van der Waals surface area (Å²) in [6, 6.07) is 8.76. The first-order valence-corrected chi connectivity index (χ1v) is 14.5. The van der Waals surface area contributed by atoms with E-state index in [0.717, 1.165) is 28.8 Å². The van der Waals surface area contributed by atoms with Gasteiger partial charge < -0.3 is 19.7 Å². The highest BCUT2D eigenvalue weighted by molar-refractivity contribution is 5.99. The van der Waals surface area contributed by atoms with E-state index in [1.165, 1.54) is 0 Å². The summed E-state index contributed by atoms with van der Waals surface area (Å²) in [5.74, 6) is -4.76. The van der Waals surface area contributed by atoms with Gasteiger partial charge in [0.15, 0.2) is 0 Å². The second-order valence-electron chi connectivity index (χ2n) is 11.1. The Morgan fingerprint density at radius 2 is 1.76 bits per heavy atom. The number of benzene rings is 2. The lowest BCUT2D eigenvalue weighted by Crippen LogP contribution is -2.53. The number of rotatable bonds is 8. The second kappa shape index (κ2) is 13.4. The number of amides is 1. The molecule has 0 radical (unpaired) electrons. The number of aromatic nitrogens is 2. The Hall–Kier alpha value is -4.65. The van der Waals surface area contributed by atoms with E-state index in [4.69, 9.17) is 9.47 Å². The third-order valence-corrected chi connectivity index (χ3v) is 7.88. The van der Waals surface area contributed by atoms with Gasteiger partial charge in [-0.05, 0) is 41.3 Å². The number of anilines is 1. The number of carbonyl (C=O) groups is 2. The highest BCUT2D eigenvalue weighted by Crippen LogP contribution is 2.35. The van der Waals surface area contributed by atoms with Gasteiger partial charge in [-0.2, -0.15) is 13.2 Å². The number of halogens is 5. The zero-order valence-electron chi connectivity index (χ0n) is 25.2. The van der Waals surface area contributed by atoms with Crippen molar-refractivity contribution in [3.05, 3.63) is 89.2 Å². The van der Waals surface area contributed by atoms with E-state index in [-0.39, 0.29) is 25.5 Å². The zero-order chi connectivity index (χ0) is 33.2. The Bertz CT molecular complexity index is 1740. The van der Waals surface area contributed by atoms with Gasteiger partial charge in [-0.1, -0.05) is 38.1 Å². The molecule has 1 N–H and O–H groups in total. The molecule has 0 unspecified atom stereocenters. The fourth-order valence-corrected chi connectivity index (χ4v) is 5.62. The highest BCUT2D eigenvalue weighted by atomic mass is 19.4. The van der Waals surface area contributed by atoms with Crippen LogP contribution in [-0.2, 0) is 20.7 Å². The quantitative estimate of drug-likeness (QED) is 0.187. The number of nitrogens with one attached hydrogen (secondary N) is 1. The summed E-state index contributed by atoms with van der Waals surface area (Å²) in [6.45, 7) is 3.05. The molecule has 13 heteroatoms. The predicted octanol–water partition coefficient (Wildman–Crippen LogP) is 5.98. The van der Waals surface area contributed by atoms with Crippen molar-refractivity contribution >= 4 is 28.5 Å². The summed E-state index contributed by atoms with van der Waals surface area (Å²) in [7, 11) is 1.11. The van der Waals surface area contributed by atoms with Gasteiger partial charge in [0.2, 0.25) is 0 Å². The summed E-state index contributed by atoms with van der Waals surface area (Å²) < 4.78 is 80.9. The lowest BCUT2D eigenvalue weighted by atomic mass is 9.93. The normalized spacial score (nSPS) is 16.0. The molecule has 0 spiro atoms. The first-order chi connectivity index (χ1) is 21.9. The molecular weight excluding hydrogens is 611 g/mol. The van der Waals surface area contributed by atoms with Crippen molar-refractivity contribution in [2.75, 3.05) is 31.8 Å². The summed E-state index contributed by atoms with van der Waals surface area (Å²) in [5.41, 5.74) is 2.27. The van der Waals surface area contributed by atoms with Crippen molar-refractivity contribution in [2.45, 2.75) is 44.4 Å². The number of carbonyl (C=O) groups excluding carboxylic acids is 2. The van der Waals surface area contributed by atoms with Crippen LogP contribution in [0.3, 0.4) is 0 Å². The highest BCUT2D eigenvalue weighted by Gasteiger charge is 2.46. The van der Waals surface area contributed by atoms with E-state index in [2.05, 4.69) is 29.1 Å². The van der Waals surface area contributed by atoms with Crippen LogP contribution in [0, 0.1) is 11.6 Å². The smallest absolute Gasteiger partial charge is 0.411 e. The largest absolute Gasteiger partial charge is 0.467 e. The minimum Gasteiger partial charge on any atom is -0.467 e. The molecule has 2 atom stereocenters. The third-order valence-electron chi connectivity index (χ3n) is 7.88. The second-order valence-corrected chi connectivity index (χ2v) is 11.1. The number of fused-ring (bicyclic) bond motifs is 1. The molecule has 1 aliphatic rings. The van der Waals surface area contributed by atoms with Gasteiger partial charge in [0.05, 0.1) is 31.5 Å². The number of esters is 1. The van der Waals surface area contributed by atoms with Gasteiger partial charge in [-0.3, -0.25) is 14.8 Å². The number of pyridine rings is 2. The zero-order valence-corrected chi connectivity index (χ0v) is 25.2. The molecule has 0 bridgehead atoms. The average molecular weight is 643 g/mol. The molecular formula is C33H31F5N4O4. The van der Waals surface area contributed by atoms with Crippen LogP contribution in [0.5, 0.6) is 0 Å². The van der Waals surface area contributed by atoms with Crippen molar-refractivity contribution in [2.24, 2.45) is 0 Å². The summed E-state index contributed by atoms with van der Waals surface area (Å²) in [4.78, 5) is 35.9. The monoisotopic (exact) mass is 642 g/mol. The van der Waals surface area contributed by atoms with Crippen LogP contribution in [0.2, 0.25) is 0 Å². The van der Waals surface area contributed by atoms with E-state index in [1.54, 1.807) is 30.6 Å². The minimum atomic E-state index is -4.72. The van der Waals surface area contributed by atoms with E-state index in [0.29, 0.717) is 28.6 Å². The lowest BCUT2D eigenvalue weighted by molar-refractivity contribution is -0.167. The molecule has 4 aromatic rings. The maximum atomic E-state index is 15.2. The number of morpholine rings is 1. The summed E-state index contributed by atoms with van der Waals surface area (Å²) in [5, 5.41) is 3.00. The van der Waals surface area contributed by atoms with Crippen molar-refractivity contribution < 1.29 is 41.0 Å². The number of methoxy groups -OCH3 is 1. The first-order valence-electron chi connectivity index (χ1n) is 14.5. The summed E-state index contributed by atoms with van der Waals surface area (Å²) >= 11 is 0. The third kappa shape index (κ3) is 6.64. The molecule has 46 heavy (non-hydrogen) atoms. The molecule has 242 valence electrons. The van der Waals surface area contributed by atoms with E-state index >= 15 is 8.78 Å². The molecule has 3 heterocycles. The Morgan fingerprint density at radius 1 is 1.07 bits per heavy atom. The van der Waals surface area contributed by atoms with Gasteiger partial charge in [0, 0.05) is 42.0 Å². The maximum Gasteiger partial charge on any atom is 0.411 e. The lowest BCUT2D eigenvalue weighted by Gasteiger charge is -2.38. The molecule has 0 aliphatic carbocycles. The molecule has 1 amide bonds. The van der Waals surface area contributed by atoms with Gasteiger partial charge in [-0.15, -0.1) is 0 Å². The average Bonchev–Trinajstić information content (AvgIpc) is 3.03. The van der Waals surface area contributed by atoms with E-state index < -0.39 is 59.6 Å². The van der Waals surface area contributed by atoms with E-state index in [9.17, 15) is 22.8 Å². The topological polar surface area (TPSA) is 93.7 Å². The van der Waals surface area contributed by atoms with Gasteiger partial charge in [0.1, 0.15) is 29.3 Å². The fourth-order valence-electron chi connectivity index (χ4n) is 5.62. The van der Waals surface area contributed by atoms with Crippen LogP contribution in [0.1, 0.15) is 41.3 Å². The van der Waals surface area contributed by atoms with Crippen molar-refractivity contribution in [3.8, 4) is 11.3 Å². The van der Waals surface area contributed by atoms with Crippen LogP contribution in [0.4, 0.5) is 27.6 Å². The molecule has 1 saturated heterocycles. The number of hydrogen-bond donors (Lipinski definition) is 1.